The number of hydrogen-bond acceptors (Lipinski definition) is 15. The minimum atomic E-state index is -1.96. The molecule has 3 unspecified atom stereocenters. The van der Waals surface area contributed by atoms with Crippen LogP contribution in [0.3, 0.4) is 0 Å². The summed E-state index contributed by atoms with van der Waals surface area (Å²) in [7, 11) is 0. The van der Waals surface area contributed by atoms with Crippen LogP contribution in [-0.2, 0) is 33.2 Å². The van der Waals surface area contributed by atoms with Crippen LogP contribution in [0.25, 0.3) is 0 Å². The maximum Gasteiger partial charge on any atom is 0.335 e. The molecule has 0 radical (unpaired) electrons. The number of aliphatic hydroxyl groups excluding tert-OH is 8. The second kappa shape index (κ2) is 16.4. The Morgan fingerprint density at radius 3 is 2.02 bits per heavy atom. The second-order valence-electron chi connectivity index (χ2n) is 23.3. The third-order valence-corrected chi connectivity index (χ3v) is 19.0. The summed E-state index contributed by atoms with van der Waals surface area (Å²) in [4.78, 5) is 12.4. The Kier molecular flexibility index (Phi) is 12.5. The number of fused-ring (bicyclic) bond motifs is 7. The van der Waals surface area contributed by atoms with Gasteiger partial charge >= 0.3 is 5.97 Å². The van der Waals surface area contributed by atoms with Crippen LogP contribution >= 0.6 is 0 Å². The van der Waals surface area contributed by atoms with Gasteiger partial charge in [0.05, 0.1) is 24.9 Å². The van der Waals surface area contributed by atoms with Crippen molar-refractivity contribution in [2.75, 3.05) is 6.61 Å². The van der Waals surface area contributed by atoms with E-state index in [1.165, 1.54) is 6.92 Å². The normalized spacial score (nSPS) is 55.3. The molecule has 5 aliphatic carbocycles. The van der Waals surface area contributed by atoms with E-state index in [9.17, 15) is 50.8 Å². The molecule has 16 heteroatoms. The molecule has 7 fully saturated rings. The number of carboxylic acids is 1. The van der Waals surface area contributed by atoms with Gasteiger partial charge in [0.2, 0.25) is 0 Å². The molecule has 0 spiro atoms. The highest BCUT2D eigenvalue weighted by molar-refractivity contribution is 5.73. The first-order valence-electron chi connectivity index (χ1n) is 23.5. The van der Waals surface area contributed by atoms with Crippen molar-refractivity contribution >= 4 is 5.97 Å². The molecule has 9 N–H and O–H groups in total. The van der Waals surface area contributed by atoms with Crippen molar-refractivity contribution in [1.82, 2.24) is 0 Å². The van der Waals surface area contributed by atoms with Crippen LogP contribution in [-0.4, -0.2) is 157 Å². The molecule has 0 amide bonds. The van der Waals surface area contributed by atoms with E-state index in [4.69, 9.17) is 28.4 Å². The lowest BCUT2D eigenvalue weighted by Crippen LogP contribution is -2.67. The molecular weight excluding hydrogens is 821 g/mol. The van der Waals surface area contributed by atoms with Crippen molar-refractivity contribution in [2.45, 2.75) is 218 Å². The molecule has 0 aromatic heterocycles. The van der Waals surface area contributed by atoms with Crippen LogP contribution in [0.4, 0.5) is 0 Å². The monoisotopic (exact) mass is 897 g/mol. The number of rotatable bonds is 7. The molecule has 8 aliphatic rings. The zero-order valence-electron chi connectivity index (χ0n) is 38.5. The minimum Gasteiger partial charge on any atom is -0.479 e. The predicted molar refractivity (Wildman–Crippen MR) is 223 cm³/mol. The highest BCUT2D eigenvalue weighted by atomic mass is 16.8. The first-order chi connectivity index (χ1) is 29.2. The van der Waals surface area contributed by atoms with Crippen LogP contribution < -0.4 is 0 Å². The zero-order chi connectivity index (χ0) is 46.1. The van der Waals surface area contributed by atoms with Gasteiger partial charge in [-0.15, -0.1) is 0 Å². The van der Waals surface area contributed by atoms with Crippen LogP contribution in [0.1, 0.15) is 120 Å². The number of hydrogen-bond donors (Lipinski definition) is 9. The summed E-state index contributed by atoms with van der Waals surface area (Å²) in [6, 6.07) is 0. The van der Waals surface area contributed by atoms with Gasteiger partial charge in [-0.2, -0.15) is 0 Å². The van der Waals surface area contributed by atoms with Gasteiger partial charge < -0.3 is 74.4 Å². The van der Waals surface area contributed by atoms with E-state index in [0.717, 1.165) is 51.4 Å². The fraction of sp³-hybridized carbons (Fsp3) is 0.936. The van der Waals surface area contributed by atoms with E-state index in [0.29, 0.717) is 18.3 Å². The molecular formula is C47H76O16. The van der Waals surface area contributed by atoms with Crippen molar-refractivity contribution < 1.29 is 79.2 Å². The number of carbonyl (C=O) groups is 1. The summed E-state index contributed by atoms with van der Waals surface area (Å²) < 4.78 is 36.2. The first kappa shape index (κ1) is 48.1. The number of allylic oxidation sites excluding steroid dienone is 2. The molecule has 3 aliphatic heterocycles. The SMILES string of the molecule is C[C@@H]1O[C@@H](O[C@H]2[C@H](O[C@H]3[C@H](O[C@H]4CC[C@@]5(C)C(CC[C@]6(C)C5CC=C5C7CC(C)(C)C[C@@H](O)[C@]7(C)CC[C@]56C)C4(C)C)O[C@H](C(=O)O)[C@@H](O)[C@@H]3O)OC[C@H](O)[C@@H]2O)[C@H](O)[C@H](O)[C@H]1O. The van der Waals surface area contributed by atoms with Crippen LogP contribution in [0.2, 0.25) is 0 Å². The van der Waals surface area contributed by atoms with Crippen molar-refractivity contribution in [2.24, 2.45) is 50.2 Å². The highest BCUT2D eigenvalue weighted by Crippen LogP contribution is 2.76. The lowest BCUT2D eigenvalue weighted by atomic mass is 9.33. The fourth-order valence-electron chi connectivity index (χ4n) is 14.8. The highest BCUT2D eigenvalue weighted by Gasteiger charge is 2.69. The summed E-state index contributed by atoms with van der Waals surface area (Å²) >= 11 is 0. The Morgan fingerprint density at radius 2 is 1.33 bits per heavy atom. The molecule has 0 aromatic carbocycles. The average Bonchev–Trinajstić information content (AvgIpc) is 3.20. The zero-order valence-corrected chi connectivity index (χ0v) is 38.5. The largest absolute Gasteiger partial charge is 0.479 e. The Hall–Kier alpha value is -1.35. The Balaban J connectivity index is 1.04. The van der Waals surface area contributed by atoms with Gasteiger partial charge in [0, 0.05) is 5.41 Å². The summed E-state index contributed by atoms with van der Waals surface area (Å²) in [5, 5.41) is 97.3. The van der Waals surface area contributed by atoms with Gasteiger partial charge in [-0.25, -0.2) is 4.79 Å². The van der Waals surface area contributed by atoms with Crippen molar-refractivity contribution in [3.63, 3.8) is 0 Å². The van der Waals surface area contributed by atoms with Gasteiger partial charge in [-0.1, -0.05) is 67.0 Å². The molecule has 23 atom stereocenters. The fourth-order valence-corrected chi connectivity index (χ4v) is 14.8. The third kappa shape index (κ3) is 7.51. The van der Waals surface area contributed by atoms with E-state index in [1.54, 1.807) is 5.57 Å². The molecule has 63 heavy (non-hydrogen) atoms. The predicted octanol–water partition coefficient (Wildman–Crippen LogP) is 2.37. The van der Waals surface area contributed by atoms with Gasteiger partial charge in [0.15, 0.2) is 25.0 Å². The Labute approximate surface area is 371 Å². The first-order valence-corrected chi connectivity index (χ1v) is 23.5. The molecule has 3 saturated heterocycles. The quantitative estimate of drug-likeness (QED) is 0.131. The molecule has 4 saturated carbocycles. The topological polar surface area (TPSA) is 255 Å². The van der Waals surface area contributed by atoms with Crippen molar-refractivity contribution in [1.29, 1.82) is 0 Å². The van der Waals surface area contributed by atoms with E-state index < -0.39 is 110 Å². The average molecular weight is 897 g/mol. The Bertz CT molecular complexity index is 1740. The van der Waals surface area contributed by atoms with E-state index >= 15 is 0 Å². The van der Waals surface area contributed by atoms with E-state index in [-0.39, 0.29) is 39.1 Å². The second-order valence-corrected chi connectivity index (χ2v) is 23.3. The standard InChI is InChI=1S/C47H76O16/c1-21-29(50)31(52)34(55)39(59-21)62-36-30(51)24(48)20-58-40(36)63-37-33(54)32(53)35(38(56)57)61-41(37)60-28-13-14-45(7)25(43(28,4)5)12-15-47(9)26(45)11-10-22-23-18-42(2,3)19-27(49)44(23,6)16-17-46(22,47)8/h10,21,23-37,39-41,48-55H,11-20H2,1-9H3,(H,56,57)/t21-,23?,24-,25?,26?,27+,28-,29-,30-,31+,32-,33-,34+,35-,36+,37+,39-,40-,41+,44+,45-,46+,47+/m0/s1. The summed E-state index contributed by atoms with van der Waals surface area (Å²) in [5.74, 6) is -0.622. The maximum atomic E-state index is 12.4. The molecule has 0 bridgehead atoms. The number of aliphatic carboxylic acids is 1. The third-order valence-electron chi connectivity index (χ3n) is 19.0. The van der Waals surface area contributed by atoms with E-state index in [2.05, 4.69) is 61.5 Å². The lowest BCUT2D eigenvalue weighted by Gasteiger charge is -2.71. The minimum absolute atomic E-state index is 0.0189. The van der Waals surface area contributed by atoms with Gasteiger partial charge in [-0.3, -0.25) is 0 Å². The van der Waals surface area contributed by atoms with Crippen LogP contribution in [0, 0.1) is 50.2 Å². The summed E-state index contributed by atoms with van der Waals surface area (Å²) in [5.41, 5.74) is 0.910. The smallest absolute Gasteiger partial charge is 0.335 e. The van der Waals surface area contributed by atoms with Gasteiger partial charge in [0.1, 0.15) is 54.9 Å². The molecule has 8 rings (SSSR count). The summed E-state index contributed by atoms with van der Waals surface area (Å²) in [6.07, 6.45) is -12.8. The number of aliphatic hydroxyl groups is 8. The van der Waals surface area contributed by atoms with E-state index in [1.807, 2.05) is 0 Å². The molecule has 3 heterocycles. The maximum absolute atomic E-state index is 12.4. The van der Waals surface area contributed by atoms with Crippen LogP contribution in [0.15, 0.2) is 11.6 Å². The van der Waals surface area contributed by atoms with Crippen molar-refractivity contribution in [3.8, 4) is 0 Å². The molecule has 16 nitrogen and oxygen atoms in total. The lowest BCUT2D eigenvalue weighted by molar-refractivity contribution is -0.386. The van der Waals surface area contributed by atoms with Gasteiger partial charge in [0.25, 0.3) is 0 Å². The summed E-state index contributed by atoms with van der Waals surface area (Å²) in [6.45, 7) is 19.7. The Morgan fingerprint density at radius 1 is 0.667 bits per heavy atom. The number of ether oxygens (including phenoxy) is 6. The van der Waals surface area contributed by atoms with Crippen molar-refractivity contribution in [3.05, 3.63) is 11.6 Å². The number of carboxylic acid groups (broad SMARTS) is 1. The molecule has 0 aromatic rings. The van der Waals surface area contributed by atoms with Crippen LogP contribution in [0.5, 0.6) is 0 Å². The molecule has 360 valence electrons. The van der Waals surface area contributed by atoms with Gasteiger partial charge in [-0.05, 0) is 110 Å².